The van der Waals surface area contributed by atoms with Gasteiger partial charge < -0.3 is 15.2 Å². The lowest BCUT2D eigenvalue weighted by molar-refractivity contribution is -0.255. The Bertz CT molecular complexity index is 1010. The summed E-state index contributed by atoms with van der Waals surface area (Å²) in [5, 5.41) is 16.0. The maximum absolute atomic E-state index is 13.0. The summed E-state index contributed by atoms with van der Waals surface area (Å²) < 4.78 is 0. The molecule has 2 aromatic carbocycles. The van der Waals surface area contributed by atoms with E-state index >= 15 is 0 Å². The van der Waals surface area contributed by atoms with Gasteiger partial charge in [0.2, 0.25) is 5.91 Å². The van der Waals surface area contributed by atoms with E-state index < -0.39 is 29.7 Å². The zero-order valence-corrected chi connectivity index (χ0v) is 15.8. The molecular formula is C21H18N3O5-. The predicted octanol–water partition coefficient (Wildman–Crippen LogP) is 1.57. The highest BCUT2D eigenvalue weighted by Crippen LogP contribution is 2.26. The van der Waals surface area contributed by atoms with Crippen molar-refractivity contribution < 1.29 is 24.3 Å². The van der Waals surface area contributed by atoms with Crippen molar-refractivity contribution in [3.63, 3.8) is 0 Å². The van der Waals surface area contributed by atoms with Gasteiger partial charge in [-0.15, -0.1) is 0 Å². The summed E-state index contributed by atoms with van der Waals surface area (Å²) in [7, 11) is 0. The average Bonchev–Trinajstić information content (AvgIpc) is 2.68. The van der Waals surface area contributed by atoms with Gasteiger partial charge in [-0.2, -0.15) is 0 Å². The van der Waals surface area contributed by atoms with E-state index in [1.165, 1.54) is 24.3 Å². The average molecular weight is 392 g/mol. The van der Waals surface area contributed by atoms with Crippen molar-refractivity contribution in [2.45, 2.75) is 13.8 Å². The number of urea groups is 1. The van der Waals surface area contributed by atoms with Crippen LogP contribution in [0.1, 0.15) is 22.8 Å². The molecule has 0 aliphatic carbocycles. The van der Waals surface area contributed by atoms with E-state index in [0.29, 0.717) is 11.4 Å². The maximum atomic E-state index is 13.0. The van der Waals surface area contributed by atoms with Gasteiger partial charge in [0.25, 0.3) is 5.91 Å². The SMILES string of the molecule is C/C=C(\Nc1ccc(C(=O)[O-])cc1)[C@H]1C(=O)NC(=O)N(c2ccc(C)cc2)C1=O. The molecule has 4 amide bonds. The number of hydrogen-bond donors (Lipinski definition) is 2. The number of barbiturate groups is 1. The molecule has 0 saturated carbocycles. The number of nitrogens with one attached hydrogen (secondary N) is 2. The van der Waals surface area contributed by atoms with Crippen LogP contribution in [-0.4, -0.2) is 23.8 Å². The molecule has 8 heteroatoms. The summed E-state index contributed by atoms with van der Waals surface area (Å²) in [5.74, 6) is -4.00. The number of amides is 4. The van der Waals surface area contributed by atoms with Crippen molar-refractivity contribution >= 4 is 35.2 Å². The molecular weight excluding hydrogens is 374 g/mol. The highest BCUT2D eigenvalue weighted by atomic mass is 16.4. The number of carbonyl (C=O) groups is 4. The molecule has 1 aliphatic heterocycles. The molecule has 2 aromatic rings. The van der Waals surface area contributed by atoms with Gasteiger partial charge >= 0.3 is 6.03 Å². The highest BCUT2D eigenvalue weighted by molar-refractivity contribution is 6.29. The highest BCUT2D eigenvalue weighted by Gasteiger charge is 2.43. The van der Waals surface area contributed by atoms with Crippen LogP contribution in [0, 0.1) is 12.8 Å². The van der Waals surface area contributed by atoms with Crippen molar-refractivity contribution in [2.24, 2.45) is 5.92 Å². The summed E-state index contributed by atoms with van der Waals surface area (Å²) in [6.07, 6.45) is 1.55. The summed E-state index contributed by atoms with van der Waals surface area (Å²) in [6.45, 7) is 3.52. The fraction of sp³-hybridized carbons (Fsp3) is 0.143. The van der Waals surface area contributed by atoms with E-state index in [2.05, 4.69) is 10.6 Å². The van der Waals surface area contributed by atoms with E-state index in [1.54, 1.807) is 37.3 Å². The number of imide groups is 2. The Labute approximate surface area is 166 Å². The van der Waals surface area contributed by atoms with Crippen molar-refractivity contribution in [3.8, 4) is 0 Å². The number of aromatic carboxylic acids is 1. The third kappa shape index (κ3) is 4.01. The molecule has 2 N–H and O–H groups in total. The van der Waals surface area contributed by atoms with Crippen molar-refractivity contribution in [1.29, 1.82) is 0 Å². The first-order valence-electron chi connectivity index (χ1n) is 8.82. The molecule has 0 unspecified atom stereocenters. The number of aryl methyl sites for hydroxylation is 1. The molecule has 3 rings (SSSR count). The molecule has 1 heterocycles. The Hall–Kier alpha value is -3.94. The molecule has 8 nitrogen and oxygen atoms in total. The van der Waals surface area contributed by atoms with Crippen LogP contribution in [-0.2, 0) is 9.59 Å². The van der Waals surface area contributed by atoms with E-state index in [0.717, 1.165) is 10.5 Å². The molecule has 148 valence electrons. The first-order valence-corrected chi connectivity index (χ1v) is 8.82. The second-order valence-electron chi connectivity index (χ2n) is 6.47. The topological polar surface area (TPSA) is 119 Å². The number of allylic oxidation sites excluding steroid dienone is 1. The number of rotatable bonds is 5. The quantitative estimate of drug-likeness (QED) is 0.746. The van der Waals surface area contributed by atoms with Gasteiger partial charge in [0, 0.05) is 11.4 Å². The molecule has 0 aromatic heterocycles. The van der Waals surface area contributed by atoms with Gasteiger partial charge in [0.15, 0.2) is 5.92 Å². The number of nitrogens with zero attached hydrogens (tertiary/aromatic N) is 1. The van der Waals surface area contributed by atoms with Crippen LogP contribution in [0.2, 0.25) is 0 Å². The number of hydrogen-bond acceptors (Lipinski definition) is 6. The number of anilines is 2. The fourth-order valence-corrected chi connectivity index (χ4v) is 2.95. The minimum absolute atomic E-state index is 0.000191. The normalized spacial score (nSPS) is 17.2. The van der Waals surface area contributed by atoms with Crippen LogP contribution in [0.5, 0.6) is 0 Å². The standard InChI is InChI=1S/C21H19N3O5/c1-3-16(22-14-8-6-13(7-9-14)20(27)28)17-18(25)23-21(29)24(19(17)26)15-10-4-12(2)5-11-15/h3-11,17,22H,1-2H3,(H,27,28)(H,23,25,29)/p-1/b16-3-/t17-/m0/s1. The van der Waals surface area contributed by atoms with Gasteiger partial charge in [0.1, 0.15) is 0 Å². The van der Waals surface area contributed by atoms with Crippen LogP contribution in [0.25, 0.3) is 0 Å². The van der Waals surface area contributed by atoms with Crippen LogP contribution < -0.4 is 20.6 Å². The molecule has 1 saturated heterocycles. The minimum Gasteiger partial charge on any atom is -0.545 e. The number of carboxylic acids is 1. The molecule has 1 aliphatic rings. The van der Waals surface area contributed by atoms with Crippen LogP contribution in [0.4, 0.5) is 16.2 Å². The van der Waals surface area contributed by atoms with Gasteiger partial charge in [0.05, 0.1) is 11.7 Å². The smallest absolute Gasteiger partial charge is 0.335 e. The molecule has 0 radical (unpaired) electrons. The zero-order valence-electron chi connectivity index (χ0n) is 15.8. The van der Waals surface area contributed by atoms with E-state index in [9.17, 15) is 24.3 Å². The molecule has 0 bridgehead atoms. The lowest BCUT2D eigenvalue weighted by Crippen LogP contribution is -2.59. The Morgan fingerprint density at radius 2 is 1.69 bits per heavy atom. The third-order valence-electron chi connectivity index (χ3n) is 4.49. The number of carbonyl (C=O) groups excluding carboxylic acids is 4. The Balaban J connectivity index is 1.88. The molecule has 29 heavy (non-hydrogen) atoms. The largest absolute Gasteiger partial charge is 0.545 e. The lowest BCUT2D eigenvalue weighted by atomic mass is 9.99. The second kappa shape index (κ2) is 7.97. The van der Waals surface area contributed by atoms with Gasteiger partial charge in [-0.25, -0.2) is 9.69 Å². The van der Waals surface area contributed by atoms with Crippen LogP contribution in [0.3, 0.4) is 0 Å². The Morgan fingerprint density at radius 1 is 1.07 bits per heavy atom. The second-order valence-corrected chi connectivity index (χ2v) is 6.47. The van der Waals surface area contributed by atoms with Gasteiger partial charge in [-0.3, -0.25) is 14.9 Å². The first kappa shape index (κ1) is 19.8. The van der Waals surface area contributed by atoms with E-state index in [-0.39, 0.29) is 11.3 Å². The van der Waals surface area contributed by atoms with E-state index in [1.807, 2.05) is 6.92 Å². The first-order chi connectivity index (χ1) is 13.8. The zero-order chi connectivity index (χ0) is 21.1. The molecule has 1 atom stereocenters. The minimum atomic E-state index is -1.31. The Kier molecular flexibility index (Phi) is 5.45. The van der Waals surface area contributed by atoms with Crippen molar-refractivity contribution in [1.82, 2.24) is 5.32 Å². The van der Waals surface area contributed by atoms with Crippen LogP contribution >= 0.6 is 0 Å². The van der Waals surface area contributed by atoms with Crippen LogP contribution in [0.15, 0.2) is 60.3 Å². The van der Waals surface area contributed by atoms with Crippen molar-refractivity contribution in [2.75, 3.05) is 10.2 Å². The third-order valence-corrected chi connectivity index (χ3v) is 4.49. The summed E-state index contributed by atoms with van der Waals surface area (Å²) in [4.78, 5) is 49.6. The summed E-state index contributed by atoms with van der Waals surface area (Å²) >= 11 is 0. The monoisotopic (exact) mass is 392 g/mol. The van der Waals surface area contributed by atoms with Crippen molar-refractivity contribution in [3.05, 3.63) is 71.4 Å². The van der Waals surface area contributed by atoms with E-state index in [4.69, 9.17) is 0 Å². The molecule has 0 spiro atoms. The number of benzene rings is 2. The Morgan fingerprint density at radius 3 is 2.24 bits per heavy atom. The fourth-order valence-electron chi connectivity index (χ4n) is 2.95. The number of carboxylic acid groups (broad SMARTS) is 1. The van der Waals surface area contributed by atoms with Gasteiger partial charge in [-0.05, 0) is 43.7 Å². The van der Waals surface area contributed by atoms with Gasteiger partial charge in [-0.1, -0.05) is 35.9 Å². The molecule has 1 fully saturated rings. The predicted molar refractivity (Wildman–Crippen MR) is 104 cm³/mol. The lowest BCUT2D eigenvalue weighted by Gasteiger charge is -2.31. The summed E-state index contributed by atoms with van der Waals surface area (Å²) in [5.41, 5.74) is 2.05. The maximum Gasteiger partial charge on any atom is 0.335 e. The summed E-state index contributed by atoms with van der Waals surface area (Å²) in [6, 6.07) is 11.6.